The first-order chi connectivity index (χ1) is 10.9. The summed E-state index contributed by atoms with van der Waals surface area (Å²) in [6, 6.07) is 0. The summed E-state index contributed by atoms with van der Waals surface area (Å²) < 4.78 is 69.8. The predicted octanol–water partition coefficient (Wildman–Crippen LogP) is 5.00. The van der Waals surface area contributed by atoms with Crippen LogP contribution in [0.15, 0.2) is 0 Å². The molecule has 128 valence electrons. The predicted molar refractivity (Wildman–Crippen MR) is 78.8 cm³/mol. The molecule has 2 nitrogen and oxygen atoms in total. The van der Waals surface area contributed by atoms with Gasteiger partial charge in [-0.2, -0.15) is 8.78 Å². The van der Waals surface area contributed by atoms with Crippen LogP contribution < -0.4 is 4.74 Å². The molecule has 1 unspecified atom stereocenters. The molecule has 0 N–H and O–H groups in total. The molecule has 0 saturated carbocycles. The third-order valence-corrected chi connectivity index (χ3v) is 6.28. The van der Waals surface area contributed by atoms with Crippen LogP contribution in [0, 0.1) is 29.1 Å². The van der Waals surface area contributed by atoms with Crippen molar-refractivity contribution in [2.75, 3.05) is 5.75 Å². The summed E-state index contributed by atoms with van der Waals surface area (Å²) in [6.07, 6.45) is 3.02. The van der Waals surface area contributed by atoms with Crippen molar-refractivity contribution in [2.45, 2.75) is 37.4 Å². The molecule has 1 saturated heterocycles. The molecule has 9 heteroatoms. The largest absolute Gasteiger partial charge is 0.420 e. The molecule has 1 fully saturated rings. The van der Waals surface area contributed by atoms with Crippen LogP contribution in [0.1, 0.15) is 32.1 Å². The second-order valence-corrected chi connectivity index (χ2v) is 7.74. The van der Waals surface area contributed by atoms with E-state index in [0.29, 0.717) is 11.7 Å². The second-order valence-electron chi connectivity index (χ2n) is 4.95. The molecule has 0 aromatic heterocycles. The lowest BCUT2D eigenvalue weighted by Gasteiger charge is -2.09. The Hall–Kier alpha value is -0.960. The molecule has 0 radical (unpaired) electrons. The van der Waals surface area contributed by atoms with E-state index in [1.54, 1.807) is 21.6 Å². The highest BCUT2D eigenvalue weighted by molar-refractivity contribution is 8.77. The van der Waals surface area contributed by atoms with Crippen LogP contribution >= 0.6 is 21.6 Å². The van der Waals surface area contributed by atoms with E-state index in [2.05, 4.69) is 4.74 Å². The van der Waals surface area contributed by atoms with Gasteiger partial charge in [-0.25, -0.2) is 13.2 Å². The monoisotopic (exact) mass is 372 g/mol. The molecule has 2 rings (SSSR count). The van der Waals surface area contributed by atoms with Crippen molar-refractivity contribution in [1.82, 2.24) is 0 Å². The van der Waals surface area contributed by atoms with Gasteiger partial charge in [0.05, 0.1) is 0 Å². The maximum Gasteiger partial charge on any atom is 0.311 e. The first kappa shape index (κ1) is 18.4. The molecular weight excluding hydrogens is 359 g/mol. The minimum atomic E-state index is -2.29. The molecule has 23 heavy (non-hydrogen) atoms. The Morgan fingerprint density at radius 2 is 1.61 bits per heavy atom. The summed E-state index contributed by atoms with van der Waals surface area (Å²) in [7, 11) is 3.59. The van der Waals surface area contributed by atoms with Crippen molar-refractivity contribution in [3.05, 3.63) is 29.1 Å². The number of esters is 1. The van der Waals surface area contributed by atoms with Crippen molar-refractivity contribution in [3.8, 4) is 5.75 Å². The Morgan fingerprint density at radius 1 is 1.00 bits per heavy atom. The van der Waals surface area contributed by atoms with E-state index in [4.69, 9.17) is 0 Å². The standard InChI is InChI=1S/C14H13F5O2S2/c15-9-10(16)12(18)14(13(19)11(9)17)21-8(20)4-2-1-3-7-5-6-22-23-7/h7H,1-6H2. The van der Waals surface area contributed by atoms with Crippen molar-refractivity contribution >= 4 is 27.6 Å². The van der Waals surface area contributed by atoms with Gasteiger partial charge in [-0.15, -0.1) is 0 Å². The molecule has 1 heterocycles. The third kappa shape index (κ3) is 4.53. The quantitative estimate of drug-likeness (QED) is 0.134. The van der Waals surface area contributed by atoms with Crippen LogP contribution in [0.3, 0.4) is 0 Å². The summed E-state index contributed by atoms with van der Waals surface area (Å²) in [5.74, 6) is -12.3. The van der Waals surface area contributed by atoms with E-state index in [1.165, 1.54) is 0 Å². The lowest BCUT2D eigenvalue weighted by atomic mass is 10.1. The summed E-state index contributed by atoms with van der Waals surface area (Å²) in [6.45, 7) is 0. The number of carbonyl (C=O) groups is 1. The molecule has 0 bridgehead atoms. The summed E-state index contributed by atoms with van der Waals surface area (Å²) >= 11 is 0. The molecular formula is C14H13F5O2S2. The van der Waals surface area contributed by atoms with Gasteiger partial charge in [0, 0.05) is 17.4 Å². The highest BCUT2D eigenvalue weighted by Crippen LogP contribution is 2.40. The zero-order valence-corrected chi connectivity index (χ0v) is 13.5. The van der Waals surface area contributed by atoms with Gasteiger partial charge in [0.15, 0.2) is 0 Å². The van der Waals surface area contributed by atoms with Gasteiger partial charge in [0.1, 0.15) is 0 Å². The number of halogens is 5. The van der Waals surface area contributed by atoms with Crippen molar-refractivity contribution < 1.29 is 31.5 Å². The number of benzene rings is 1. The van der Waals surface area contributed by atoms with E-state index in [1.807, 2.05) is 0 Å². The molecule has 1 aromatic carbocycles. The number of hydrogen-bond donors (Lipinski definition) is 0. The maximum atomic E-state index is 13.4. The van der Waals surface area contributed by atoms with Crippen molar-refractivity contribution in [2.24, 2.45) is 0 Å². The fraction of sp³-hybridized carbons (Fsp3) is 0.500. The number of unbranched alkanes of at least 4 members (excludes halogenated alkanes) is 1. The third-order valence-electron chi connectivity index (χ3n) is 3.27. The number of carbonyl (C=O) groups excluding carboxylic acids is 1. The Bertz CT molecular complexity index is 562. The van der Waals surface area contributed by atoms with Gasteiger partial charge >= 0.3 is 5.97 Å². The van der Waals surface area contributed by atoms with Crippen LogP contribution in [0.5, 0.6) is 5.75 Å². The number of ether oxygens (including phenoxy) is 1. The molecule has 0 aliphatic carbocycles. The Balaban J connectivity index is 1.87. The number of rotatable bonds is 6. The maximum absolute atomic E-state index is 13.4. The van der Waals surface area contributed by atoms with Crippen LogP contribution in [0.25, 0.3) is 0 Å². The SMILES string of the molecule is O=C(CCCCC1CCSS1)Oc1c(F)c(F)c(F)c(F)c1F. The van der Waals surface area contributed by atoms with Gasteiger partial charge in [0.25, 0.3) is 0 Å². The van der Waals surface area contributed by atoms with Gasteiger partial charge < -0.3 is 4.74 Å². The normalized spacial score (nSPS) is 17.5. The molecule has 1 aliphatic heterocycles. The van der Waals surface area contributed by atoms with Crippen LogP contribution in [0.4, 0.5) is 22.0 Å². The highest BCUT2D eigenvalue weighted by Gasteiger charge is 2.28. The fourth-order valence-electron chi connectivity index (χ4n) is 2.05. The lowest BCUT2D eigenvalue weighted by molar-refractivity contribution is -0.135. The Labute approximate surface area is 137 Å². The van der Waals surface area contributed by atoms with Gasteiger partial charge in [-0.3, -0.25) is 4.79 Å². The summed E-state index contributed by atoms with van der Waals surface area (Å²) in [4.78, 5) is 11.5. The first-order valence-corrected chi connectivity index (χ1v) is 9.30. The molecule has 1 atom stereocenters. The molecule has 1 aliphatic rings. The molecule has 1 aromatic rings. The smallest absolute Gasteiger partial charge is 0.311 e. The average Bonchev–Trinajstić information content (AvgIpc) is 3.05. The first-order valence-electron chi connectivity index (χ1n) is 6.92. The van der Waals surface area contributed by atoms with Crippen LogP contribution in [0.2, 0.25) is 0 Å². The van der Waals surface area contributed by atoms with Gasteiger partial charge in [-0.1, -0.05) is 28.0 Å². The topological polar surface area (TPSA) is 26.3 Å². The average molecular weight is 372 g/mol. The van der Waals surface area contributed by atoms with Gasteiger partial charge in [-0.05, 0) is 19.3 Å². The second kappa shape index (κ2) is 8.23. The molecule has 0 spiro atoms. The summed E-state index contributed by atoms with van der Waals surface area (Å²) in [5.41, 5.74) is 0. The Morgan fingerprint density at radius 3 is 2.17 bits per heavy atom. The minimum Gasteiger partial charge on any atom is -0.420 e. The zero-order chi connectivity index (χ0) is 17.0. The highest BCUT2D eigenvalue weighted by atomic mass is 33.1. The van der Waals surface area contributed by atoms with Gasteiger partial charge in [0.2, 0.25) is 34.8 Å². The van der Waals surface area contributed by atoms with Crippen molar-refractivity contribution in [3.63, 3.8) is 0 Å². The number of hydrogen-bond acceptors (Lipinski definition) is 4. The van der Waals surface area contributed by atoms with E-state index >= 15 is 0 Å². The Kier molecular flexibility index (Phi) is 6.58. The molecule has 0 amide bonds. The lowest BCUT2D eigenvalue weighted by Crippen LogP contribution is -2.13. The van der Waals surface area contributed by atoms with Crippen LogP contribution in [-0.2, 0) is 4.79 Å². The van der Waals surface area contributed by atoms with Crippen LogP contribution in [-0.4, -0.2) is 17.0 Å². The summed E-state index contributed by atoms with van der Waals surface area (Å²) in [5, 5.41) is 0.534. The van der Waals surface area contributed by atoms with E-state index < -0.39 is 40.8 Å². The van der Waals surface area contributed by atoms with E-state index in [-0.39, 0.29) is 6.42 Å². The van der Waals surface area contributed by atoms with E-state index in [9.17, 15) is 26.7 Å². The zero-order valence-electron chi connectivity index (χ0n) is 11.8. The minimum absolute atomic E-state index is 0.149. The van der Waals surface area contributed by atoms with E-state index in [0.717, 1.165) is 25.0 Å². The van der Waals surface area contributed by atoms with Crippen molar-refractivity contribution in [1.29, 1.82) is 0 Å². The fourth-order valence-corrected chi connectivity index (χ4v) is 5.07.